The van der Waals surface area contributed by atoms with Crippen LogP contribution in [0.2, 0.25) is 0 Å². The van der Waals surface area contributed by atoms with Gasteiger partial charge in [-0.25, -0.2) is 0 Å². The topological polar surface area (TPSA) is 67.9 Å². The summed E-state index contributed by atoms with van der Waals surface area (Å²) in [5.74, 6) is 0.153. The van der Waals surface area contributed by atoms with E-state index in [1.165, 1.54) is 0 Å². The second-order valence-electron chi connectivity index (χ2n) is 4.16. The molecule has 3 nitrogen and oxygen atoms in total. The monoisotopic (exact) mass is 232 g/mol. The van der Waals surface area contributed by atoms with Gasteiger partial charge in [-0.3, -0.25) is 5.41 Å². The average Bonchev–Trinajstić information content (AvgIpc) is 2.39. The standard InChI is InChI=1S/C14H20N2O/c1-3-11(4-2)13(15)14(16)12-7-5-6-10(8-12)9-17/h5-8,11,15-17H,3-4,9H2,1-2H3. The van der Waals surface area contributed by atoms with E-state index in [-0.39, 0.29) is 18.2 Å². The Morgan fingerprint density at radius 3 is 2.41 bits per heavy atom. The van der Waals surface area contributed by atoms with Gasteiger partial charge in [-0.05, 0) is 24.5 Å². The van der Waals surface area contributed by atoms with Gasteiger partial charge in [0, 0.05) is 11.5 Å². The first-order chi connectivity index (χ1) is 8.13. The van der Waals surface area contributed by atoms with Gasteiger partial charge in [-0.15, -0.1) is 0 Å². The summed E-state index contributed by atoms with van der Waals surface area (Å²) >= 11 is 0. The molecule has 1 aromatic rings. The van der Waals surface area contributed by atoms with Gasteiger partial charge in [0.1, 0.15) is 0 Å². The Bertz CT molecular complexity index is 408. The maximum absolute atomic E-state index is 9.06. The molecular weight excluding hydrogens is 212 g/mol. The number of hydrogen-bond donors (Lipinski definition) is 3. The fourth-order valence-corrected chi connectivity index (χ4v) is 1.88. The van der Waals surface area contributed by atoms with Crippen LogP contribution >= 0.6 is 0 Å². The van der Waals surface area contributed by atoms with E-state index in [0.717, 1.165) is 18.4 Å². The van der Waals surface area contributed by atoms with Crippen LogP contribution in [0.25, 0.3) is 0 Å². The van der Waals surface area contributed by atoms with Crippen LogP contribution in [0.4, 0.5) is 0 Å². The number of hydrogen-bond acceptors (Lipinski definition) is 3. The highest BCUT2D eigenvalue weighted by Gasteiger charge is 2.16. The van der Waals surface area contributed by atoms with Gasteiger partial charge >= 0.3 is 0 Å². The van der Waals surface area contributed by atoms with Crippen LogP contribution in [0.3, 0.4) is 0 Å². The first-order valence-electron chi connectivity index (χ1n) is 6.01. The molecule has 0 aromatic heterocycles. The quantitative estimate of drug-likeness (QED) is 0.648. The molecule has 1 aromatic carbocycles. The molecule has 1 rings (SSSR count). The molecule has 0 atom stereocenters. The van der Waals surface area contributed by atoms with E-state index in [4.69, 9.17) is 15.9 Å². The van der Waals surface area contributed by atoms with Crippen molar-refractivity contribution >= 4 is 11.4 Å². The Labute approximate surface area is 103 Å². The van der Waals surface area contributed by atoms with E-state index in [2.05, 4.69) is 0 Å². The summed E-state index contributed by atoms with van der Waals surface area (Å²) in [5, 5.41) is 25.1. The molecule has 0 unspecified atom stereocenters. The number of rotatable bonds is 6. The maximum Gasteiger partial charge on any atom is 0.0822 e. The van der Waals surface area contributed by atoms with Gasteiger partial charge in [0.25, 0.3) is 0 Å². The van der Waals surface area contributed by atoms with Crippen LogP contribution < -0.4 is 0 Å². The number of nitrogens with one attached hydrogen (secondary N) is 2. The fraction of sp³-hybridized carbons (Fsp3) is 0.429. The Balaban J connectivity index is 2.92. The Morgan fingerprint density at radius 1 is 1.24 bits per heavy atom. The molecule has 0 spiro atoms. The third kappa shape index (κ3) is 3.24. The lowest BCUT2D eigenvalue weighted by Crippen LogP contribution is -2.22. The predicted octanol–water partition coefficient (Wildman–Crippen LogP) is 3.00. The molecule has 0 fully saturated rings. The highest BCUT2D eigenvalue weighted by atomic mass is 16.3. The SMILES string of the molecule is CCC(CC)C(=N)C(=N)c1cccc(CO)c1. The first-order valence-corrected chi connectivity index (χ1v) is 6.01. The lowest BCUT2D eigenvalue weighted by atomic mass is 9.91. The zero-order valence-corrected chi connectivity index (χ0v) is 10.5. The third-order valence-electron chi connectivity index (χ3n) is 3.06. The zero-order valence-electron chi connectivity index (χ0n) is 10.5. The lowest BCUT2D eigenvalue weighted by Gasteiger charge is -2.15. The minimum absolute atomic E-state index is 0.0283. The number of aliphatic hydroxyl groups is 1. The molecule has 0 radical (unpaired) electrons. The highest BCUT2D eigenvalue weighted by molar-refractivity contribution is 6.46. The van der Waals surface area contributed by atoms with Gasteiger partial charge in [0.2, 0.25) is 0 Å². The largest absolute Gasteiger partial charge is 0.392 e. The highest BCUT2D eigenvalue weighted by Crippen LogP contribution is 2.14. The van der Waals surface area contributed by atoms with Crippen LogP contribution in [0.1, 0.15) is 37.8 Å². The van der Waals surface area contributed by atoms with Crippen LogP contribution in [-0.4, -0.2) is 16.5 Å². The van der Waals surface area contributed by atoms with E-state index in [1.54, 1.807) is 6.07 Å². The van der Waals surface area contributed by atoms with Crippen molar-refractivity contribution in [1.29, 1.82) is 10.8 Å². The molecule has 17 heavy (non-hydrogen) atoms. The van der Waals surface area contributed by atoms with Crippen molar-refractivity contribution in [1.82, 2.24) is 0 Å². The van der Waals surface area contributed by atoms with E-state index >= 15 is 0 Å². The average molecular weight is 232 g/mol. The van der Waals surface area contributed by atoms with Crippen molar-refractivity contribution in [2.45, 2.75) is 33.3 Å². The summed E-state index contributed by atoms with van der Waals surface area (Å²) in [7, 11) is 0. The maximum atomic E-state index is 9.06. The van der Waals surface area contributed by atoms with E-state index in [1.807, 2.05) is 32.0 Å². The second kappa shape index (κ2) is 6.30. The van der Waals surface area contributed by atoms with Gasteiger partial charge in [-0.1, -0.05) is 32.0 Å². The molecule has 3 heteroatoms. The van der Waals surface area contributed by atoms with E-state index in [0.29, 0.717) is 11.3 Å². The summed E-state index contributed by atoms with van der Waals surface area (Å²) < 4.78 is 0. The predicted molar refractivity (Wildman–Crippen MR) is 71.0 cm³/mol. The van der Waals surface area contributed by atoms with Crippen molar-refractivity contribution in [2.75, 3.05) is 0 Å². The fourth-order valence-electron chi connectivity index (χ4n) is 1.88. The van der Waals surface area contributed by atoms with Crippen molar-refractivity contribution in [2.24, 2.45) is 5.92 Å². The van der Waals surface area contributed by atoms with Crippen LogP contribution in [0.15, 0.2) is 24.3 Å². The molecule has 0 saturated heterocycles. The summed E-state index contributed by atoms with van der Waals surface area (Å²) in [6, 6.07) is 7.23. The van der Waals surface area contributed by atoms with E-state index < -0.39 is 0 Å². The third-order valence-corrected chi connectivity index (χ3v) is 3.06. The molecule has 0 amide bonds. The van der Waals surface area contributed by atoms with Crippen LogP contribution in [0.5, 0.6) is 0 Å². The molecule has 0 aliphatic carbocycles. The van der Waals surface area contributed by atoms with Gasteiger partial charge in [-0.2, -0.15) is 0 Å². The van der Waals surface area contributed by atoms with E-state index in [9.17, 15) is 0 Å². The second-order valence-corrected chi connectivity index (χ2v) is 4.16. The van der Waals surface area contributed by atoms with Crippen LogP contribution in [-0.2, 0) is 6.61 Å². The van der Waals surface area contributed by atoms with Gasteiger partial charge in [0.05, 0.1) is 18.0 Å². The Hall–Kier alpha value is -1.48. The minimum atomic E-state index is -0.0283. The minimum Gasteiger partial charge on any atom is -0.392 e. The molecule has 92 valence electrons. The molecule has 0 bridgehead atoms. The van der Waals surface area contributed by atoms with Gasteiger partial charge < -0.3 is 10.5 Å². The smallest absolute Gasteiger partial charge is 0.0822 e. The lowest BCUT2D eigenvalue weighted by molar-refractivity contribution is 0.282. The van der Waals surface area contributed by atoms with Crippen molar-refractivity contribution < 1.29 is 5.11 Å². The zero-order chi connectivity index (χ0) is 12.8. The number of benzene rings is 1. The number of aliphatic hydroxyl groups excluding tert-OH is 1. The molecule has 0 aliphatic rings. The first kappa shape index (κ1) is 13.6. The molecule has 0 heterocycles. The molecule has 0 aliphatic heterocycles. The summed E-state index contributed by atoms with van der Waals surface area (Å²) in [6.07, 6.45) is 1.77. The Kier molecular flexibility index (Phi) is 5.04. The summed E-state index contributed by atoms with van der Waals surface area (Å²) in [4.78, 5) is 0. The summed E-state index contributed by atoms with van der Waals surface area (Å²) in [6.45, 7) is 4.06. The molecule has 3 N–H and O–H groups in total. The van der Waals surface area contributed by atoms with Crippen LogP contribution in [0, 0.1) is 16.7 Å². The van der Waals surface area contributed by atoms with Crippen molar-refractivity contribution in [3.05, 3.63) is 35.4 Å². The van der Waals surface area contributed by atoms with Crippen molar-refractivity contribution in [3.8, 4) is 0 Å². The molecular formula is C14H20N2O. The summed E-state index contributed by atoms with van der Waals surface area (Å²) in [5.41, 5.74) is 2.16. The van der Waals surface area contributed by atoms with Gasteiger partial charge in [0.15, 0.2) is 0 Å². The van der Waals surface area contributed by atoms with Crippen molar-refractivity contribution in [3.63, 3.8) is 0 Å². The normalized spacial score (nSPS) is 10.6. The molecule has 0 saturated carbocycles. The Morgan fingerprint density at radius 2 is 1.88 bits per heavy atom.